The van der Waals surface area contributed by atoms with E-state index in [4.69, 9.17) is 0 Å². The molecule has 0 radical (unpaired) electrons. The third kappa shape index (κ3) is 6.19. The van der Waals surface area contributed by atoms with E-state index in [9.17, 15) is 13.2 Å². The van der Waals surface area contributed by atoms with Gasteiger partial charge in [0, 0.05) is 30.7 Å². The van der Waals surface area contributed by atoms with Crippen LogP contribution in [0.1, 0.15) is 31.9 Å². The van der Waals surface area contributed by atoms with E-state index in [0.717, 1.165) is 22.4 Å². The first-order valence-electron chi connectivity index (χ1n) is 9.87. The summed E-state index contributed by atoms with van der Waals surface area (Å²) in [6.07, 6.45) is 5.05. The number of nitrogens with zero attached hydrogens (tertiary/aromatic N) is 2. The Morgan fingerprint density at radius 2 is 1.65 bits per heavy atom. The van der Waals surface area contributed by atoms with Gasteiger partial charge in [-0.15, -0.1) is 0 Å². The first-order chi connectivity index (χ1) is 14.6. The maximum absolute atomic E-state index is 12.5. The standard InChI is InChI=1S/C23H26N4O3S/c1-23(2,3)19-4-6-20(7-5-19)31(29,30)27-16-22(28)26-15-17-8-13-25-21(14-17)18-9-11-24-12-10-18/h4-14,27H,15-16H2,1-3H3,(H,26,28). The zero-order chi connectivity index (χ0) is 22.5. The summed E-state index contributed by atoms with van der Waals surface area (Å²) in [4.78, 5) is 20.6. The van der Waals surface area contributed by atoms with Crippen molar-refractivity contribution in [2.75, 3.05) is 6.54 Å². The molecular weight excluding hydrogens is 412 g/mol. The van der Waals surface area contributed by atoms with Crippen LogP contribution < -0.4 is 10.0 Å². The van der Waals surface area contributed by atoms with Crippen molar-refractivity contribution in [1.82, 2.24) is 20.0 Å². The first-order valence-corrected chi connectivity index (χ1v) is 11.4. The van der Waals surface area contributed by atoms with Gasteiger partial charge in [0.15, 0.2) is 0 Å². The Balaban J connectivity index is 1.55. The zero-order valence-electron chi connectivity index (χ0n) is 17.8. The molecule has 0 spiro atoms. The summed E-state index contributed by atoms with van der Waals surface area (Å²) in [5, 5.41) is 2.72. The van der Waals surface area contributed by atoms with Gasteiger partial charge in [0.25, 0.3) is 0 Å². The molecule has 1 aromatic carbocycles. The lowest BCUT2D eigenvalue weighted by Crippen LogP contribution is -2.36. The fourth-order valence-corrected chi connectivity index (χ4v) is 3.89. The maximum atomic E-state index is 12.5. The number of rotatable bonds is 7. The van der Waals surface area contributed by atoms with E-state index < -0.39 is 15.9 Å². The zero-order valence-corrected chi connectivity index (χ0v) is 18.6. The van der Waals surface area contributed by atoms with Crippen LogP contribution in [0.4, 0.5) is 0 Å². The summed E-state index contributed by atoms with van der Waals surface area (Å²) >= 11 is 0. The summed E-state index contributed by atoms with van der Waals surface area (Å²) in [5.41, 5.74) is 3.52. The third-order valence-electron chi connectivity index (χ3n) is 4.74. The van der Waals surface area contributed by atoms with Crippen molar-refractivity contribution in [1.29, 1.82) is 0 Å². The number of pyridine rings is 2. The second-order valence-electron chi connectivity index (χ2n) is 8.16. The summed E-state index contributed by atoms with van der Waals surface area (Å²) in [5.74, 6) is -0.419. The van der Waals surface area contributed by atoms with E-state index in [1.807, 2.05) is 18.2 Å². The maximum Gasteiger partial charge on any atom is 0.241 e. The topological polar surface area (TPSA) is 101 Å². The van der Waals surface area contributed by atoms with Gasteiger partial charge >= 0.3 is 0 Å². The Labute approximate surface area is 183 Å². The molecule has 0 aliphatic heterocycles. The molecule has 0 aliphatic rings. The van der Waals surface area contributed by atoms with Gasteiger partial charge in [-0.05, 0) is 52.9 Å². The van der Waals surface area contributed by atoms with Crippen LogP contribution in [-0.2, 0) is 26.8 Å². The average molecular weight is 439 g/mol. The number of amides is 1. The van der Waals surface area contributed by atoms with Crippen LogP contribution in [-0.4, -0.2) is 30.8 Å². The molecule has 0 aliphatic carbocycles. The van der Waals surface area contributed by atoms with Crippen LogP contribution in [0.25, 0.3) is 11.3 Å². The largest absolute Gasteiger partial charge is 0.351 e. The number of sulfonamides is 1. The predicted octanol–water partition coefficient (Wildman–Crippen LogP) is 3.04. The van der Waals surface area contributed by atoms with E-state index in [1.54, 1.807) is 48.9 Å². The molecule has 8 heteroatoms. The van der Waals surface area contributed by atoms with Crippen LogP contribution in [0.3, 0.4) is 0 Å². The van der Waals surface area contributed by atoms with Crippen LogP contribution in [0, 0.1) is 0 Å². The van der Waals surface area contributed by atoms with Crippen LogP contribution in [0.5, 0.6) is 0 Å². The molecule has 7 nitrogen and oxygen atoms in total. The predicted molar refractivity (Wildman–Crippen MR) is 120 cm³/mol. The molecule has 3 rings (SSSR count). The molecule has 1 amide bonds. The van der Waals surface area contributed by atoms with Crippen LogP contribution >= 0.6 is 0 Å². The number of nitrogens with one attached hydrogen (secondary N) is 2. The van der Waals surface area contributed by atoms with E-state index in [-0.39, 0.29) is 23.4 Å². The van der Waals surface area contributed by atoms with Crippen molar-refractivity contribution >= 4 is 15.9 Å². The van der Waals surface area contributed by atoms with Crippen molar-refractivity contribution in [3.63, 3.8) is 0 Å². The van der Waals surface area contributed by atoms with Gasteiger partial charge in [-0.2, -0.15) is 0 Å². The summed E-state index contributed by atoms with van der Waals surface area (Å²) < 4.78 is 27.3. The van der Waals surface area contributed by atoms with Crippen LogP contribution in [0.15, 0.2) is 72.0 Å². The lowest BCUT2D eigenvalue weighted by atomic mass is 9.87. The van der Waals surface area contributed by atoms with Gasteiger partial charge in [-0.3, -0.25) is 14.8 Å². The molecule has 3 aromatic rings. The molecule has 162 valence electrons. The van der Waals surface area contributed by atoms with Crippen molar-refractivity contribution in [2.45, 2.75) is 37.6 Å². The van der Waals surface area contributed by atoms with Crippen molar-refractivity contribution in [2.24, 2.45) is 0 Å². The normalized spacial score (nSPS) is 11.8. The highest BCUT2D eigenvalue weighted by molar-refractivity contribution is 7.89. The number of carbonyl (C=O) groups excluding carboxylic acids is 1. The molecule has 0 saturated heterocycles. The van der Waals surface area contributed by atoms with Gasteiger partial charge in [-0.1, -0.05) is 32.9 Å². The Bertz CT molecular complexity index is 1140. The molecule has 0 fully saturated rings. The molecule has 2 heterocycles. The van der Waals surface area contributed by atoms with Crippen molar-refractivity contribution in [3.8, 4) is 11.3 Å². The van der Waals surface area contributed by atoms with Crippen molar-refractivity contribution < 1.29 is 13.2 Å². The molecule has 0 saturated carbocycles. The Hall–Kier alpha value is -3.10. The highest BCUT2D eigenvalue weighted by Crippen LogP contribution is 2.23. The molecule has 31 heavy (non-hydrogen) atoms. The van der Waals surface area contributed by atoms with Gasteiger partial charge in [0.2, 0.25) is 15.9 Å². The average Bonchev–Trinajstić information content (AvgIpc) is 2.77. The van der Waals surface area contributed by atoms with E-state index in [1.165, 1.54) is 0 Å². The monoisotopic (exact) mass is 438 g/mol. The lowest BCUT2D eigenvalue weighted by Gasteiger charge is -2.19. The Morgan fingerprint density at radius 3 is 2.29 bits per heavy atom. The molecule has 0 atom stereocenters. The minimum atomic E-state index is -3.77. The Morgan fingerprint density at radius 1 is 0.968 bits per heavy atom. The van der Waals surface area contributed by atoms with E-state index in [0.29, 0.717) is 0 Å². The van der Waals surface area contributed by atoms with E-state index >= 15 is 0 Å². The second-order valence-corrected chi connectivity index (χ2v) is 9.93. The van der Waals surface area contributed by atoms with Gasteiger partial charge in [0.05, 0.1) is 17.1 Å². The number of benzene rings is 1. The van der Waals surface area contributed by atoms with E-state index in [2.05, 4.69) is 40.8 Å². The smallest absolute Gasteiger partial charge is 0.241 e. The molecule has 2 aromatic heterocycles. The number of aromatic nitrogens is 2. The third-order valence-corrected chi connectivity index (χ3v) is 6.16. The second kappa shape index (κ2) is 9.36. The Kier molecular flexibility index (Phi) is 6.82. The lowest BCUT2D eigenvalue weighted by molar-refractivity contribution is -0.120. The van der Waals surface area contributed by atoms with Gasteiger partial charge < -0.3 is 5.32 Å². The van der Waals surface area contributed by atoms with Gasteiger partial charge in [-0.25, -0.2) is 13.1 Å². The highest BCUT2D eigenvalue weighted by atomic mass is 32.2. The minimum Gasteiger partial charge on any atom is -0.351 e. The van der Waals surface area contributed by atoms with Crippen molar-refractivity contribution in [3.05, 3.63) is 78.2 Å². The SMILES string of the molecule is CC(C)(C)c1ccc(S(=O)(=O)NCC(=O)NCc2ccnc(-c3ccncc3)c2)cc1. The molecular formula is C23H26N4O3S. The number of carbonyl (C=O) groups is 1. The number of hydrogen-bond donors (Lipinski definition) is 2. The number of hydrogen-bond acceptors (Lipinski definition) is 5. The molecule has 2 N–H and O–H groups in total. The highest BCUT2D eigenvalue weighted by Gasteiger charge is 2.18. The quantitative estimate of drug-likeness (QED) is 0.590. The van der Waals surface area contributed by atoms with Gasteiger partial charge in [0.1, 0.15) is 0 Å². The molecule has 0 unspecified atom stereocenters. The first kappa shape index (κ1) is 22.6. The fourth-order valence-electron chi connectivity index (χ4n) is 2.91. The summed E-state index contributed by atoms with van der Waals surface area (Å²) in [7, 11) is -3.77. The molecule has 0 bridgehead atoms. The minimum absolute atomic E-state index is 0.0696. The summed E-state index contributed by atoms with van der Waals surface area (Å²) in [6, 6.07) is 14.1. The summed E-state index contributed by atoms with van der Waals surface area (Å²) in [6.45, 7) is 6.10. The fraction of sp³-hybridized carbons (Fsp3) is 0.261. The van der Waals surface area contributed by atoms with Crippen LogP contribution in [0.2, 0.25) is 0 Å².